The topological polar surface area (TPSA) is 116 Å². The predicted molar refractivity (Wildman–Crippen MR) is 116 cm³/mol. The molecule has 0 saturated carbocycles. The van der Waals surface area contributed by atoms with Gasteiger partial charge in [-0.05, 0) is 61.9 Å². The van der Waals surface area contributed by atoms with Crippen molar-refractivity contribution in [3.05, 3.63) is 86.6 Å². The third-order valence-electron chi connectivity index (χ3n) is 4.84. The summed E-state index contributed by atoms with van der Waals surface area (Å²) in [7, 11) is 1.22. The monoisotopic (exact) mass is 436 g/mol. The molecule has 0 radical (unpaired) electrons. The summed E-state index contributed by atoms with van der Waals surface area (Å²) in [6, 6.07) is 11.8. The molecule has 0 bridgehead atoms. The van der Waals surface area contributed by atoms with E-state index in [1.54, 1.807) is 26.0 Å². The number of carbonyl (C=O) groups is 3. The summed E-state index contributed by atoms with van der Waals surface area (Å²) in [5, 5.41) is 10.9. The van der Waals surface area contributed by atoms with Crippen molar-refractivity contribution in [2.45, 2.75) is 13.8 Å². The first-order valence-corrected chi connectivity index (χ1v) is 9.65. The number of esters is 2. The zero-order valence-electron chi connectivity index (χ0n) is 17.7. The second-order valence-electron chi connectivity index (χ2n) is 6.77. The van der Waals surface area contributed by atoms with Crippen molar-refractivity contribution >= 4 is 35.3 Å². The Kier molecular flexibility index (Phi) is 6.48. The Morgan fingerprint density at radius 2 is 1.69 bits per heavy atom. The lowest BCUT2D eigenvalue weighted by Crippen LogP contribution is -2.24. The van der Waals surface area contributed by atoms with Gasteiger partial charge in [0.15, 0.2) is 0 Å². The van der Waals surface area contributed by atoms with Crippen molar-refractivity contribution in [2.24, 2.45) is 0 Å². The number of amides is 1. The molecule has 9 heteroatoms. The molecule has 0 saturated heterocycles. The van der Waals surface area contributed by atoms with Crippen LogP contribution in [0.2, 0.25) is 0 Å². The molecular weight excluding hydrogens is 416 g/mol. The summed E-state index contributed by atoms with van der Waals surface area (Å²) in [6.07, 6.45) is 1.48. The molecule has 3 rings (SSSR count). The van der Waals surface area contributed by atoms with Gasteiger partial charge in [0.2, 0.25) is 0 Å². The molecule has 1 aliphatic heterocycles. The SMILES string of the molecule is CCOC(=O)c1ccc(N2C(=O)/C(=C\c3ccc([N+](=O)[O-])cc3)C(C(=O)OC)=C2C)cc1. The van der Waals surface area contributed by atoms with E-state index in [4.69, 9.17) is 9.47 Å². The molecule has 1 aliphatic rings. The van der Waals surface area contributed by atoms with E-state index in [1.165, 1.54) is 54.5 Å². The Morgan fingerprint density at radius 1 is 1.06 bits per heavy atom. The van der Waals surface area contributed by atoms with Crippen molar-refractivity contribution in [1.82, 2.24) is 0 Å². The van der Waals surface area contributed by atoms with Gasteiger partial charge in [-0.3, -0.25) is 19.8 Å². The molecule has 2 aromatic carbocycles. The van der Waals surface area contributed by atoms with E-state index in [0.717, 1.165) is 0 Å². The van der Waals surface area contributed by atoms with Crippen molar-refractivity contribution in [2.75, 3.05) is 18.6 Å². The van der Waals surface area contributed by atoms with Gasteiger partial charge in [-0.15, -0.1) is 0 Å². The average Bonchev–Trinajstić information content (AvgIpc) is 3.03. The minimum atomic E-state index is -0.686. The van der Waals surface area contributed by atoms with Crippen LogP contribution < -0.4 is 4.90 Å². The second kappa shape index (κ2) is 9.25. The number of non-ortho nitro benzene ring substituents is 1. The Bertz CT molecular complexity index is 1150. The molecule has 1 amide bonds. The van der Waals surface area contributed by atoms with Gasteiger partial charge in [0.05, 0.1) is 35.3 Å². The highest BCUT2D eigenvalue weighted by molar-refractivity contribution is 6.23. The Balaban J connectivity index is 2.02. The number of rotatable bonds is 6. The van der Waals surface area contributed by atoms with E-state index in [-0.39, 0.29) is 23.4 Å². The van der Waals surface area contributed by atoms with Gasteiger partial charge in [-0.25, -0.2) is 9.59 Å². The Labute approximate surface area is 183 Å². The highest BCUT2D eigenvalue weighted by Crippen LogP contribution is 2.35. The lowest BCUT2D eigenvalue weighted by molar-refractivity contribution is -0.384. The van der Waals surface area contributed by atoms with Crippen molar-refractivity contribution in [3.8, 4) is 0 Å². The maximum atomic E-state index is 13.3. The highest BCUT2D eigenvalue weighted by atomic mass is 16.6. The van der Waals surface area contributed by atoms with Gasteiger partial charge in [0.25, 0.3) is 11.6 Å². The zero-order chi connectivity index (χ0) is 23.4. The van der Waals surface area contributed by atoms with Crippen molar-refractivity contribution < 1.29 is 28.8 Å². The number of hydrogen-bond acceptors (Lipinski definition) is 7. The minimum Gasteiger partial charge on any atom is -0.465 e. The number of nitro benzene ring substituents is 1. The summed E-state index contributed by atoms with van der Waals surface area (Å²) >= 11 is 0. The van der Waals surface area contributed by atoms with Crippen molar-refractivity contribution in [1.29, 1.82) is 0 Å². The fourth-order valence-electron chi connectivity index (χ4n) is 3.31. The molecule has 164 valence electrons. The number of allylic oxidation sites excluding steroid dienone is 1. The molecule has 9 nitrogen and oxygen atoms in total. The normalized spacial score (nSPS) is 14.7. The van der Waals surface area contributed by atoms with Crippen LogP contribution in [0.3, 0.4) is 0 Å². The molecule has 2 aromatic rings. The fourth-order valence-corrected chi connectivity index (χ4v) is 3.31. The third-order valence-corrected chi connectivity index (χ3v) is 4.84. The van der Waals surface area contributed by atoms with Crippen LogP contribution in [-0.2, 0) is 19.1 Å². The number of benzene rings is 2. The molecule has 0 unspecified atom stereocenters. The van der Waals surface area contributed by atoms with Gasteiger partial charge in [0.1, 0.15) is 0 Å². The van der Waals surface area contributed by atoms with Gasteiger partial charge in [-0.2, -0.15) is 0 Å². The molecule has 0 spiro atoms. The summed E-state index contributed by atoms with van der Waals surface area (Å²) in [4.78, 5) is 49.3. The maximum absolute atomic E-state index is 13.3. The van der Waals surface area contributed by atoms with E-state index in [0.29, 0.717) is 22.5 Å². The van der Waals surface area contributed by atoms with Gasteiger partial charge < -0.3 is 9.47 Å². The molecule has 0 fully saturated rings. The molecule has 0 aromatic heterocycles. The largest absolute Gasteiger partial charge is 0.465 e. The molecule has 32 heavy (non-hydrogen) atoms. The van der Waals surface area contributed by atoms with Crippen LogP contribution in [0.4, 0.5) is 11.4 Å². The third kappa shape index (κ3) is 4.27. The van der Waals surface area contributed by atoms with Crippen LogP contribution in [-0.4, -0.2) is 36.5 Å². The van der Waals surface area contributed by atoms with E-state index < -0.39 is 22.8 Å². The van der Waals surface area contributed by atoms with E-state index >= 15 is 0 Å². The van der Waals surface area contributed by atoms with Crippen molar-refractivity contribution in [3.63, 3.8) is 0 Å². The lowest BCUT2D eigenvalue weighted by Gasteiger charge is -2.18. The van der Waals surface area contributed by atoms with E-state index in [2.05, 4.69) is 0 Å². The summed E-state index contributed by atoms with van der Waals surface area (Å²) in [5.74, 6) is -1.63. The first-order chi connectivity index (χ1) is 15.3. The second-order valence-corrected chi connectivity index (χ2v) is 6.77. The van der Waals surface area contributed by atoms with Crippen LogP contribution in [0.1, 0.15) is 29.8 Å². The molecule has 0 atom stereocenters. The fraction of sp³-hybridized carbons (Fsp3) is 0.174. The number of methoxy groups -OCH3 is 1. The van der Waals surface area contributed by atoms with Crippen LogP contribution in [0.15, 0.2) is 65.4 Å². The van der Waals surface area contributed by atoms with Crippen LogP contribution in [0, 0.1) is 10.1 Å². The number of nitro groups is 1. The quantitative estimate of drug-likeness (QED) is 0.294. The van der Waals surface area contributed by atoms with E-state index in [1.807, 2.05) is 0 Å². The standard InChI is InChI=1S/C23H20N2O7/c1-4-32-22(27)16-7-11-17(12-8-16)24-14(2)20(23(28)31-3)19(21(24)26)13-15-5-9-18(10-6-15)25(29)30/h5-13H,4H2,1-3H3/b19-13-. The molecule has 1 heterocycles. The summed E-state index contributed by atoms with van der Waals surface area (Å²) in [6.45, 7) is 3.56. The first kappa shape index (κ1) is 22.4. The van der Waals surface area contributed by atoms with Gasteiger partial charge >= 0.3 is 11.9 Å². The van der Waals surface area contributed by atoms with Crippen LogP contribution in [0.5, 0.6) is 0 Å². The van der Waals surface area contributed by atoms with Gasteiger partial charge in [0, 0.05) is 23.5 Å². The van der Waals surface area contributed by atoms with Crippen LogP contribution >= 0.6 is 0 Å². The average molecular weight is 436 g/mol. The van der Waals surface area contributed by atoms with Crippen LogP contribution in [0.25, 0.3) is 6.08 Å². The first-order valence-electron chi connectivity index (χ1n) is 9.65. The number of nitrogens with zero attached hydrogens (tertiary/aromatic N) is 2. The Hall–Kier alpha value is -4.27. The number of ether oxygens (including phenoxy) is 2. The molecule has 0 N–H and O–H groups in total. The number of carbonyl (C=O) groups excluding carboxylic acids is 3. The maximum Gasteiger partial charge on any atom is 0.340 e. The minimum absolute atomic E-state index is 0.0883. The highest BCUT2D eigenvalue weighted by Gasteiger charge is 2.38. The van der Waals surface area contributed by atoms with Gasteiger partial charge in [-0.1, -0.05) is 0 Å². The molecule has 0 aliphatic carbocycles. The number of anilines is 1. The molecular formula is C23H20N2O7. The Morgan fingerprint density at radius 3 is 2.22 bits per heavy atom. The zero-order valence-corrected chi connectivity index (χ0v) is 17.7. The lowest BCUT2D eigenvalue weighted by atomic mass is 10.0. The number of hydrogen-bond donors (Lipinski definition) is 0. The predicted octanol–water partition coefficient (Wildman–Crippen LogP) is 3.65. The smallest absolute Gasteiger partial charge is 0.340 e. The van der Waals surface area contributed by atoms with E-state index in [9.17, 15) is 24.5 Å². The summed E-state index contributed by atoms with van der Waals surface area (Å²) < 4.78 is 9.83. The summed E-state index contributed by atoms with van der Waals surface area (Å²) in [5.41, 5.74) is 1.75.